The number of aliphatic hydroxyl groups excluding tert-OH is 1. The van der Waals surface area contributed by atoms with Gasteiger partial charge >= 0.3 is 0 Å². The highest BCUT2D eigenvalue weighted by atomic mass is 16.3. The van der Waals surface area contributed by atoms with Crippen LogP contribution in [0.1, 0.15) is 12.8 Å². The maximum Gasteiger partial charge on any atom is 0.0703 e. The number of rotatable bonds is 5. The first-order chi connectivity index (χ1) is 4.72. The molecule has 0 aliphatic carbocycles. The van der Waals surface area contributed by atoms with E-state index in [0.717, 1.165) is 6.42 Å². The van der Waals surface area contributed by atoms with Gasteiger partial charge in [0.1, 0.15) is 0 Å². The maximum absolute atomic E-state index is 9.19. The lowest BCUT2D eigenvalue weighted by molar-refractivity contribution is 0.136. The Hall–Kier alpha value is -0.160. The zero-order chi connectivity index (χ0) is 7.98. The van der Waals surface area contributed by atoms with Crippen molar-refractivity contribution in [1.29, 1.82) is 0 Å². The first-order valence-corrected chi connectivity index (χ1v) is 3.56. The van der Waals surface area contributed by atoms with Crippen molar-refractivity contribution in [3.05, 3.63) is 0 Å². The Labute approximate surface area is 61.4 Å². The zero-order valence-electron chi connectivity index (χ0n) is 6.16. The standard InChI is InChI=1S/C6H17N3O/c7-3-1-2-6(10)5(9)4-8/h5-6,10H,1-4,7-9H2. The Morgan fingerprint density at radius 3 is 2.30 bits per heavy atom. The van der Waals surface area contributed by atoms with Gasteiger partial charge in [0.05, 0.1) is 6.10 Å². The molecule has 0 amide bonds. The monoisotopic (exact) mass is 147 g/mol. The lowest BCUT2D eigenvalue weighted by Crippen LogP contribution is -2.41. The molecule has 0 fully saturated rings. The van der Waals surface area contributed by atoms with Crippen LogP contribution < -0.4 is 17.2 Å². The molecule has 0 aromatic carbocycles. The van der Waals surface area contributed by atoms with Gasteiger partial charge in [0.25, 0.3) is 0 Å². The van der Waals surface area contributed by atoms with Gasteiger partial charge in [0.2, 0.25) is 0 Å². The lowest BCUT2D eigenvalue weighted by atomic mass is 10.1. The fourth-order valence-corrected chi connectivity index (χ4v) is 0.698. The van der Waals surface area contributed by atoms with E-state index in [1.807, 2.05) is 0 Å². The average Bonchev–Trinajstić information content (AvgIpc) is 1.98. The molecule has 0 saturated carbocycles. The molecule has 4 nitrogen and oxygen atoms in total. The summed E-state index contributed by atoms with van der Waals surface area (Å²) in [7, 11) is 0. The lowest BCUT2D eigenvalue weighted by Gasteiger charge is -2.15. The molecule has 0 bridgehead atoms. The van der Waals surface area contributed by atoms with Gasteiger partial charge in [-0.25, -0.2) is 0 Å². The first kappa shape index (κ1) is 9.84. The van der Waals surface area contributed by atoms with Crippen molar-refractivity contribution in [3.63, 3.8) is 0 Å². The molecule has 0 aliphatic rings. The summed E-state index contributed by atoms with van der Waals surface area (Å²) in [6.45, 7) is 0.917. The summed E-state index contributed by atoms with van der Waals surface area (Å²) in [6, 6.07) is -0.299. The van der Waals surface area contributed by atoms with E-state index in [-0.39, 0.29) is 6.04 Å². The van der Waals surface area contributed by atoms with Crippen molar-refractivity contribution >= 4 is 0 Å². The van der Waals surface area contributed by atoms with Crippen LogP contribution in [0.25, 0.3) is 0 Å². The third-order valence-electron chi connectivity index (χ3n) is 1.47. The summed E-state index contributed by atoms with van der Waals surface area (Å²) in [4.78, 5) is 0. The molecule has 0 aromatic heterocycles. The van der Waals surface area contributed by atoms with Gasteiger partial charge in [-0.2, -0.15) is 0 Å². The molecule has 0 rings (SSSR count). The molecule has 0 spiro atoms. The van der Waals surface area contributed by atoms with Crippen molar-refractivity contribution in [2.45, 2.75) is 25.0 Å². The van der Waals surface area contributed by atoms with E-state index in [4.69, 9.17) is 17.2 Å². The van der Waals surface area contributed by atoms with Crippen LogP contribution in [-0.4, -0.2) is 30.3 Å². The summed E-state index contributed by atoms with van der Waals surface area (Å²) in [6.07, 6.45) is 0.956. The molecule has 4 heteroatoms. The average molecular weight is 147 g/mol. The molecule has 0 aliphatic heterocycles. The molecular formula is C6H17N3O. The fourth-order valence-electron chi connectivity index (χ4n) is 0.698. The number of nitrogens with two attached hydrogens (primary N) is 3. The molecule has 0 radical (unpaired) electrons. The van der Waals surface area contributed by atoms with E-state index in [0.29, 0.717) is 19.5 Å². The Bertz CT molecular complexity index is 79.4. The SMILES string of the molecule is NCCCC(O)C(N)CN. The van der Waals surface area contributed by atoms with E-state index < -0.39 is 6.10 Å². The van der Waals surface area contributed by atoms with Gasteiger partial charge in [-0.05, 0) is 19.4 Å². The molecule has 0 saturated heterocycles. The minimum atomic E-state index is -0.492. The van der Waals surface area contributed by atoms with Crippen LogP contribution in [0.3, 0.4) is 0 Å². The molecule has 2 unspecified atom stereocenters. The predicted octanol–water partition coefficient (Wildman–Crippen LogP) is -1.63. The van der Waals surface area contributed by atoms with Gasteiger partial charge in [0.15, 0.2) is 0 Å². The van der Waals surface area contributed by atoms with Gasteiger partial charge in [-0.1, -0.05) is 0 Å². The van der Waals surface area contributed by atoms with Crippen LogP contribution >= 0.6 is 0 Å². The minimum absolute atomic E-state index is 0.299. The third-order valence-corrected chi connectivity index (χ3v) is 1.47. The van der Waals surface area contributed by atoms with Crippen LogP contribution in [0.4, 0.5) is 0 Å². The quantitative estimate of drug-likeness (QED) is 0.375. The number of aliphatic hydroxyl groups is 1. The van der Waals surface area contributed by atoms with E-state index in [1.54, 1.807) is 0 Å². The first-order valence-electron chi connectivity index (χ1n) is 3.56. The third kappa shape index (κ3) is 3.79. The topological polar surface area (TPSA) is 98.3 Å². The van der Waals surface area contributed by atoms with Crippen LogP contribution in [-0.2, 0) is 0 Å². The molecular weight excluding hydrogens is 130 g/mol. The summed E-state index contributed by atoms with van der Waals surface area (Å²) in [5, 5.41) is 9.19. The highest BCUT2D eigenvalue weighted by Gasteiger charge is 2.10. The van der Waals surface area contributed by atoms with E-state index in [1.165, 1.54) is 0 Å². The van der Waals surface area contributed by atoms with E-state index >= 15 is 0 Å². The summed E-state index contributed by atoms with van der Waals surface area (Å²) in [5.74, 6) is 0. The maximum atomic E-state index is 9.19. The summed E-state index contributed by atoms with van der Waals surface area (Å²) >= 11 is 0. The van der Waals surface area contributed by atoms with E-state index in [9.17, 15) is 5.11 Å². The molecule has 2 atom stereocenters. The van der Waals surface area contributed by atoms with Crippen LogP contribution in [0.2, 0.25) is 0 Å². The highest BCUT2D eigenvalue weighted by Crippen LogP contribution is 1.97. The Kier molecular flexibility index (Phi) is 5.52. The van der Waals surface area contributed by atoms with Gasteiger partial charge in [-0.3, -0.25) is 0 Å². The molecule has 62 valence electrons. The summed E-state index contributed by atoms with van der Waals surface area (Å²) < 4.78 is 0. The van der Waals surface area contributed by atoms with Crippen molar-refractivity contribution < 1.29 is 5.11 Å². The Morgan fingerprint density at radius 1 is 1.30 bits per heavy atom. The molecule has 0 aromatic rings. The van der Waals surface area contributed by atoms with Crippen LogP contribution in [0.15, 0.2) is 0 Å². The second-order valence-electron chi connectivity index (χ2n) is 2.40. The second-order valence-corrected chi connectivity index (χ2v) is 2.40. The zero-order valence-corrected chi connectivity index (χ0v) is 6.16. The number of hydrogen-bond acceptors (Lipinski definition) is 4. The highest BCUT2D eigenvalue weighted by molar-refractivity contribution is 4.71. The van der Waals surface area contributed by atoms with Gasteiger partial charge in [0, 0.05) is 12.6 Å². The van der Waals surface area contributed by atoms with Crippen molar-refractivity contribution in [2.24, 2.45) is 17.2 Å². The molecule has 0 heterocycles. The molecule has 7 N–H and O–H groups in total. The largest absolute Gasteiger partial charge is 0.391 e. The van der Waals surface area contributed by atoms with E-state index in [2.05, 4.69) is 0 Å². The number of hydrogen-bond donors (Lipinski definition) is 4. The minimum Gasteiger partial charge on any atom is -0.391 e. The second kappa shape index (κ2) is 5.61. The van der Waals surface area contributed by atoms with Gasteiger partial charge in [-0.15, -0.1) is 0 Å². The Balaban J connectivity index is 3.31. The Morgan fingerprint density at radius 2 is 1.90 bits per heavy atom. The van der Waals surface area contributed by atoms with Crippen molar-refractivity contribution in [3.8, 4) is 0 Å². The van der Waals surface area contributed by atoms with Gasteiger partial charge < -0.3 is 22.3 Å². The van der Waals surface area contributed by atoms with Crippen molar-refractivity contribution in [2.75, 3.05) is 13.1 Å². The van der Waals surface area contributed by atoms with Crippen molar-refractivity contribution in [1.82, 2.24) is 0 Å². The van der Waals surface area contributed by atoms with Crippen LogP contribution in [0.5, 0.6) is 0 Å². The fraction of sp³-hybridized carbons (Fsp3) is 1.00. The molecule has 10 heavy (non-hydrogen) atoms. The normalized spacial score (nSPS) is 16.8. The summed E-state index contributed by atoms with van der Waals surface area (Å²) in [5.41, 5.74) is 15.9. The van der Waals surface area contributed by atoms with Crippen LogP contribution in [0, 0.1) is 0 Å². The predicted molar refractivity (Wildman–Crippen MR) is 41.3 cm³/mol. The smallest absolute Gasteiger partial charge is 0.0703 e.